The van der Waals surface area contributed by atoms with Crippen LogP contribution in [0.3, 0.4) is 0 Å². The molecule has 0 radical (unpaired) electrons. The van der Waals surface area contributed by atoms with Crippen LogP contribution in [-0.4, -0.2) is 21.3 Å². The van der Waals surface area contributed by atoms with Gasteiger partial charge < -0.3 is 9.29 Å². The number of rotatable bonds is 4. The Bertz CT molecular complexity index is 877. The standard InChI is InChI=1S/C17H12F2O4S/c18-12-3-1-2-11(7-12)16-14(8-23-17(16)20)13-5-4-10(6-15(13)19)9-24(21)22/h1-7H,8-9H2,(H,21,22). The van der Waals surface area contributed by atoms with Gasteiger partial charge in [-0.25, -0.2) is 17.8 Å². The van der Waals surface area contributed by atoms with E-state index in [0.717, 1.165) is 6.07 Å². The Balaban J connectivity index is 2.09. The molecule has 7 heteroatoms. The van der Waals surface area contributed by atoms with Gasteiger partial charge in [-0.05, 0) is 29.3 Å². The van der Waals surface area contributed by atoms with Crippen molar-refractivity contribution < 1.29 is 27.1 Å². The van der Waals surface area contributed by atoms with Crippen LogP contribution < -0.4 is 0 Å². The highest BCUT2D eigenvalue weighted by atomic mass is 32.2. The molecule has 0 saturated carbocycles. The predicted molar refractivity (Wildman–Crippen MR) is 85.0 cm³/mol. The third-order valence-corrected chi connectivity index (χ3v) is 4.20. The highest BCUT2D eigenvalue weighted by molar-refractivity contribution is 7.78. The van der Waals surface area contributed by atoms with Crippen LogP contribution in [0, 0.1) is 11.6 Å². The van der Waals surface area contributed by atoms with Gasteiger partial charge in [0.15, 0.2) is 11.1 Å². The van der Waals surface area contributed by atoms with Crippen molar-refractivity contribution >= 4 is 28.2 Å². The van der Waals surface area contributed by atoms with Crippen LogP contribution >= 0.6 is 0 Å². The van der Waals surface area contributed by atoms with Gasteiger partial charge in [-0.2, -0.15) is 0 Å². The molecule has 0 bridgehead atoms. The molecule has 1 atom stereocenters. The first kappa shape index (κ1) is 16.5. The van der Waals surface area contributed by atoms with Crippen LogP contribution in [0.4, 0.5) is 8.78 Å². The topological polar surface area (TPSA) is 63.6 Å². The van der Waals surface area contributed by atoms with E-state index in [9.17, 15) is 17.8 Å². The van der Waals surface area contributed by atoms with Gasteiger partial charge in [0.05, 0.1) is 11.3 Å². The monoisotopic (exact) mass is 350 g/mol. The SMILES string of the molecule is O=C1OCC(c2ccc(CS(=O)O)cc2F)=C1c1cccc(F)c1. The Morgan fingerprint density at radius 2 is 1.96 bits per heavy atom. The van der Waals surface area contributed by atoms with Crippen LogP contribution in [0.1, 0.15) is 16.7 Å². The van der Waals surface area contributed by atoms with Gasteiger partial charge in [0.1, 0.15) is 18.2 Å². The molecular weight excluding hydrogens is 338 g/mol. The van der Waals surface area contributed by atoms with E-state index in [2.05, 4.69) is 0 Å². The molecule has 4 nitrogen and oxygen atoms in total. The fourth-order valence-electron chi connectivity index (χ4n) is 2.59. The molecule has 0 saturated heterocycles. The molecule has 0 spiro atoms. The van der Waals surface area contributed by atoms with E-state index < -0.39 is 28.7 Å². The van der Waals surface area contributed by atoms with Gasteiger partial charge in [0, 0.05) is 11.1 Å². The Kier molecular flexibility index (Phi) is 4.55. The van der Waals surface area contributed by atoms with Crippen molar-refractivity contribution in [3.63, 3.8) is 0 Å². The molecule has 0 aliphatic carbocycles. The maximum atomic E-state index is 14.4. The van der Waals surface area contributed by atoms with Crippen molar-refractivity contribution in [1.82, 2.24) is 0 Å². The van der Waals surface area contributed by atoms with Crippen LogP contribution in [-0.2, 0) is 26.4 Å². The average molecular weight is 350 g/mol. The molecule has 1 unspecified atom stereocenters. The number of esters is 1. The fourth-order valence-corrected chi connectivity index (χ4v) is 3.05. The molecule has 24 heavy (non-hydrogen) atoms. The van der Waals surface area contributed by atoms with Crippen LogP contribution in [0.25, 0.3) is 11.1 Å². The first-order valence-corrected chi connectivity index (χ1v) is 8.26. The average Bonchev–Trinajstić information content (AvgIpc) is 2.88. The Morgan fingerprint density at radius 3 is 2.62 bits per heavy atom. The summed E-state index contributed by atoms with van der Waals surface area (Å²) in [6.45, 7) is -0.118. The number of hydrogen-bond acceptors (Lipinski definition) is 3. The summed E-state index contributed by atoms with van der Waals surface area (Å²) in [7, 11) is 0. The normalized spacial score (nSPS) is 15.5. The second kappa shape index (κ2) is 6.62. The molecule has 1 heterocycles. The minimum absolute atomic E-state index is 0.117. The van der Waals surface area contributed by atoms with Crippen LogP contribution in [0.2, 0.25) is 0 Å². The van der Waals surface area contributed by atoms with E-state index >= 15 is 0 Å². The highest BCUT2D eigenvalue weighted by Crippen LogP contribution is 2.34. The zero-order valence-corrected chi connectivity index (χ0v) is 13.1. The number of halogens is 2. The molecule has 2 aromatic rings. The molecule has 2 aromatic carbocycles. The number of hydrogen-bond donors (Lipinski definition) is 1. The first-order valence-electron chi connectivity index (χ1n) is 6.98. The summed E-state index contributed by atoms with van der Waals surface area (Å²) in [5.41, 5.74) is 1.25. The van der Waals surface area contributed by atoms with Crippen molar-refractivity contribution in [2.24, 2.45) is 0 Å². The van der Waals surface area contributed by atoms with Crippen molar-refractivity contribution in [2.75, 3.05) is 6.61 Å². The lowest BCUT2D eigenvalue weighted by Gasteiger charge is -2.08. The van der Waals surface area contributed by atoms with Gasteiger partial charge in [-0.1, -0.05) is 24.3 Å². The summed E-state index contributed by atoms with van der Waals surface area (Å²) >= 11 is -2.08. The van der Waals surface area contributed by atoms with Crippen molar-refractivity contribution in [2.45, 2.75) is 5.75 Å². The summed E-state index contributed by atoms with van der Waals surface area (Å²) in [6.07, 6.45) is 0. The minimum Gasteiger partial charge on any atom is -0.457 e. The van der Waals surface area contributed by atoms with Gasteiger partial charge >= 0.3 is 5.97 Å². The summed E-state index contributed by atoms with van der Waals surface area (Å²) in [5.74, 6) is -1.99. The van der Waals surface area contributed by atoms with E-state index in [4.69, 9.17) is 9.29 Å². The van der Waals surface area contributed by atoms with Gasteiger partial charge in [-0.3, -0.25) is 0 Å². The van der Waals surface area contributed by atoms with E-state index in [-0.39, 0.29) is 23.5 Å². The Morgan fingerprint density at radius 1 is 1.17 bits per heavy atom. The maximum absolute atomic E-state index is 14.4. The third-order valence-electron chi connectivity index (χ3n) is 3.62. The summed E-state index contributed by atoms with van der Waals surface area (Å²) < 4.78 is 52.5. The zero-order chi connectivity index (χ0) is 17.3. The van der Waals surface area contributed by atoms with Crippen LogP contribution in [0.5, 0.6) is 0 Å². The number of carbonyl (C=O) groups is 1. The van der Waals surface area contributed by atoms with E-state index in [1.165, 1.54) is 30.3 Å². The molecule has 3 rings (SSSR count). The number of benzene rings is 2. The molecular formula is C17H12F2O4S. The summed E-state index contributed by atoms with van der Waals surface area (Å²) in [6, 6.07) is 9.50. The van der Waals surface area contributed by atoms with Crippen LogP contribution in [0.15, 0.2) is 42.5 Å². The number of ether oxygens (including phenoxy) is 1. The van der Waals surface area contributed by atoms with E-state index in [1.807, 2.05) is 0 Å². The molecule has 0 amide bonds. The fraction of sp³-hybridized carbons (Fsp3) is 0.118. The second-order valence-electron chi connectivity index (χ2n) is 5.22. The van der Waals surface area contributed by atoms with Crippen molar-refractivity contribution in [3.8, 4) is 0 Å². The smallest absolute Gasteiger partial charge is 0.339 e. The van der Waals surface area contributed by atoms with Crippen molar-refractivity contribution in [1.29, 1.82) is 0 Å². The Hall–Kier alpha value is -2.38. The van der Waals surface area contributed by atoms with E-state index in [0.29, 0.717) is 16.7 Å². The first-order chi connectivity index (χ1) is 11.5. The molecule has 1 aliphatic heterocycles. The lowest BCUT2D eigenvalue weighted by Crippen LogP contribution is -1.99. The predicted octanol–water partition coefficient (Wildman–Crippen LogP) is 3.15. The molecule has 0 aromatic heterocycles. The summed E-state index contributed by atoms with van der Waals surface area (Å²) in [4.78, 5) is 12.0. The molecule has 124 valence electrons. The summed E-state index contributed by atoms with van der Waals surface area (Å²) in [5, 5.41) is 0. The van der Waals surface area contributed by atoms with E-state index in [1.54, 1.807) is 6.07 Å². The quantitative estimate of drug-likeness (QED) is 0.680. The third kappa shape index (κ3) is 3.27. The second-order valence-corrected chi connectivity index (χ2v) is 6.15. The number of carbonyl (C=O) groups excluding carboxylic acids is 1. The highest BCUT2D eigenvalue weighted by Gasteiger charge is 2.29. The number of cyclic esters (lactones) is 1. The Labute approximate surface area is 139 Å². The van der Waals surface area contributed by atoms with Gasteiger partial charge in [-0.15, -0.1) is 0 Å². The zero-order valence-electron chi connectivity index (χ0n) is 12.3. The van der Waals surface area contributed by atoms with Gasteiger partial charge in [0.25, 0.3) is 0 Å². The molecule has 1 N–H and O–H groups in total. The molecule has 1 aliphatic rings. The minimum atomic E-state index is -2.08. The lowest BCUT2D eigenvalue weighted by molar-refractivity contribution is -0.133. The maximum Gasteiger partial charge on any atom is 0.339 e. The van der Waals surface area contributed by atoms with Gasteiger partial charge in [0.2, 0.25) is 0 Å². The molecule has 0 fully saturated rings. The largest absolute Gasteiger partial charge is 0.457 e. The lowest BCUT2D eigenvalue weighted by atomic mass is 9.95. The van der Waals surface area contributed by atoms with Crippen molar-refractivity contribution in [3.05, 3.63) is 70.8 Å².